The quantitative estimate of drug-likeness (QED) is 0.692. The average molecular weight is 357 g/mol. The van der Waals surface area contributed by atoms with Gasteiger partial charge in [-0.15, -0.1) is 0 Å². The number of hydrogen-bond donors (Lipinski definition) is 1. The number of benzene rings is 1. The SMILES string of the molecule is Cc1cc(COC(C)C)n(-c2ccc(OCCCC3CCNC3)cc2)n1. The molecule has 0 saturated carbocycles. The second kappa shape index (κ2) is 9.19. The Hall–Kier alpha value is -1.85. The molecule has 1 fully saturated rings. The van der Waals surface area contributed by atoms with Gasteiger partial charge in [0.25, 0.3) is 0 Å². The predicted molar refractivity (Wildman–Crippen MR) is 104 cm³/mol. The Balaban J connectivity index is 1.53. The second-order valence-electron chi connectivity index (χ2n) is 7.39. The highest BCUT2D eigenvalue weighted by atomic mass is 16.5. The van der Waals surface area contributed by atoms with E-state index in [1.807, 2.05) is 37.6 Å². The van der Waals surface area contributed by atoms with Crippen molar-refractivity contribution in [2.75, 3.05) is 19.7 Å². The molecule has 3 rings (SSSR count). The Morgan fingerprint density at radius 1 is 1.27 bits per heavy atom. The van der Waals surface area contributed by atoms with E-state index in [2.05, 4.69) is 28.6 Å². The van der Waals surface area contributed by atoms with Gasteiger partial charge in [0, 0.05) is 0 Å². The van der Waals surface area contributed by atoms with Crippen LogP contribution in [-0.2, 0) is 11.3 Å². The molecule has 5 nitrogen and oxygen atoms in total. The van der Waals surface area contributed by atoms with E-state index in [9.17, 15) is 0 Å². The Morgan fingerprint density at radius 3 is 2.77 bits per heavy atom. The van der Waals surface area contributed by atoms with Gasteiger partial charge in [-0.25, -0.2) is 4.68 Å². The second-order valence-corrected chi connectivity index (χ2v) is 7.39. The van der Waals surface area contributed by atoms with Crippen LogP contribution >= 0.6 is 0 Å². The molecule has 0 aliphatic carbocycles. The Labute approximate surface area is 156 Å². The maximum Gasteiger partial charge on any atom is 0.119 e. The summed E-state index contributed by atoms with van der Waals surface area (Å²) in [6.45, 7) is 9.78. The highest BCUT2D eigenvalue weighted by Gasteiger charge is 2.13. The van der Waals surface area contributed by atoms with Gasteiger partial charge in [-0.1, -0.05) is 0 Å². The van der Waals surface area contributed by atoms with Crippen molar-refractivity contribution in [2.24, 2.45) is 5.92 Å². The molecule has 1 saturated heterocycles. The molecule has 2 aromatic rings. The van der Waals surface area contributed by atoms with E-state index >= 15 is 0 Å². The van der Waals surface area contributed by atoms with E-state index in [0.717, 1.165) is 41.8 Å². The van der Waals surface area contributed by atoms with Gasteiger partial charge in [0.15, 0.2) is 0 Å². The zero-order chi connectivity index (χ0) is 18.4. The molecule has 1 unspecified atom stereocenters. The van der Waals surface area contributed by atoms with Crippen LogP contribution in [0.25, 0.3) is 5.69 Å². The lowest BCUT2D eigenvalue weighted by atomic mass is 10.0. The summed E-state index contributed by atoms with van der Waals surface area (Å²) in [5.74, 6) is 1.75. The first-order valence-electron chi connectivity index (χ1n) is 9.73. The fourth-order valence-corrected chi connectivity index (χ4v) is 3.34. The molecule has 1 aromatic carbocycles. The van der Waals surface area contributed by atoms with Crippen LogP contribution in [0.2, 0.25) is 0 Å². The van der Waals surface area contributed by atoms with Gasteiger partial charge in [0.05, 0.1) is 36.4 Å². The van der Waals surface area contributed by atoms with Gasteiger partial charge in [-0.2, -0.15) is 5.10 Å². The van der Waals surface area contributed by atoms with Gasteiger partial charge in [0.1, 0.15) is 5.75 Å². The molecular formula is C21H31N3O2. The lowest BCUT2D eigenvalue weighted by Crippen LogP contribution is -2.10. The van der Waals surface area contributed by atoms with E-state index in [4.69, 9.17) is 9.47 Å². The molecule has 1 aliphatic heterocycles. The molecule has 0 bridgehead atoms. The highest BCUT2D eigenvalue weighted by molar-refractivity contribution is 5.38. The molecule has 0 amide bonds. The van der Waals surface area contributed by atoms with Crippen LogP contribution in [-0.4, -0.2) is 35.6 Å². The van der Waals surface area contributed by atoms with Crippen molar-refractivity contribution in [2.45, 2.75) is 52.7 Å². The predicted octanol–water partition coefficient (Wildman–Crippen LogP) is 3.87. The van der Waals surface area contributed by atoms with Crippen molar-refractivity contribution in [1.82, 2.24) is 15.1 Å². The van der Waals surface area contributed by atoms with Gasteiger partial charge in [-0.3, -0.25) is 0 Å². The highest BCUT2D eigenvalue weighted by Crippen LogP contribution is 2.19. The molecular weight excluding hydrogens is 326 g/mol. The summed E-state index contributed by atoms with van der Waals surface area (Å²) in [4.78, 5) is 0. The van der Waals surface area contributed by atoms with E-state index < -0.39 is 0 Å². The van der Waals surface area contributed by atoms with E-state index in [1.165, 1.54) is 25.9 Å². The van der Waals surface area contributed by atoms with Crippen molar-refractivity contribution in [1.29, 1.82) is 0 Å². The minimum Gasteiger partial charge on any atom is -0.494 e. The van der Waals surface area contributed by atoms with Crippen LogP contribution in [0.3, 0.4) is 0 Å². The molecule has 142 valence electrons. The summed E-state index contributed by atoms with van der Waals surface area (Å²) < 4.78 is 13.6. The third-order valence-electron chi connectivity index (χ3n) is 4.74. The van der Waals surface area contributed by atoms with E-state index in [1.54, 1.807) is 0 Å². The number of ether oxygens (including phenoxy) is 2. The van der Waals surface area contributed by atoms with Crippen molar-refractivity contribution in [3.05, 3.63) is 41.7 Å². The van der Waals surface area contributed by atoms with Crippen LogP contribution in [0.5, 0.6) is 5.75 Å². The third kappa shape index (κ3) is 5.32. The summed E-state index contributed by atoms with van der Waals surface area (Å²) >= 11 is 0. The van der Waals surface area contributed by atoms with Crippen LogP contribution in [0, 0.1) is 12.8 Å². The van der Waals surface area contributed by atoms with Crippen LogP contribution in [0.15, 0.2) is 30.3 Å². The maximum atomic E-state index is 5.90. The number of rotatable bonds is 9. The minimum absolute atomic E-state index is 0.203. The fraction of sp³-hybridized carbons (Fsp3) is 0.571. The lowest BCUT2D eigenvalue weighted by molar-refractivity contribution is 0.0624. The number of hydrogen-bond acceptors (Lipinski definition) is 4. The normalized spacial score (nSPS) is 17.2. The van der Waals surface area contributed by atoms with Crippen LogP contribution < -0.4 is 10.1 Å². The molecule has 0 radical (unpaired) electrons. The van der Waals surface area contributed by atoms with Crippen molar-refractivity contribution in [3.63, 3.8) is 0 Å². The van der Waals surface area contributed by atoms with Gasteiger partial charge in [0.2, 0.25) is 0 Å². The monoisotopic (exact) mass is 357 g/mol. The number of aromatic nitrogens is 2. The number of nitrogens with one attached hydrogen (secondary N) is 1. The first kappa shape index (κ1) is 18.9. The zero-order valence-corrected chi connectivity index (χ0v) is 16.2. The molecule has 2 heterocycles. The largest absolute Gasteiger partial charge is 0.494 e. The topological polar surface area (TPSA) is 48.3 Å². The third-order valence-corrected chi connectivity index (χ3v) is 4.74. The van der Waals surface area contributed by atoms with Crippen molar-refractivity contribution in [3.8, 4) is 11.4 Å². The lowest BCUT2D eigenvalue weighted by Gasteiger charge is -2.12. The van der Waals surface area contributed by atoms with E-state index in [-0.39, 0.29) is 6.10 Å². The minimum atomic E-state index is 0.203. The summed E-state index contributed by atoms with van der Waals surface area (Å²) in [7, 11) is 0. The van der Waals surface area contributed by atoms with Gasteiger partial charge < -0.3 is 14.8 Å². The van der Waals surface area contributed by atoms with E-state index in [0.29, 0.717) is 6.61 Å². The fourth-order valence-electron chi connectivity index (χ4n) is 3.34. The molecule has 1 N–H and O–H groups in total. The summed E-state index contributed by atoms with van der Waals surface area (Å²) in [6.07, 6.45) is 3.87. The maximum absolute atomic E-state index is 5.90. The van der Waals surface area contributed by atoms with Gasteiger partial charge in [-0.05, 0) is 89.4 Å². The molecule has 1 aliphatic rings. The molecule has 5 heteroatoms. The Morgan fingerprint density at radius 2 is 2.08 bits per heavy atom. The molecule has 0 spiro atoms. The van der Waals surface area contributed by atoms with Crippen LogP contribution in [0.4, 0.5) is 0 Å². The summed E-state index contributed by atoms with van der Waals surface area (Å²) in [5.41, 5.74) is 3.09. The van der Waals surface area contributed by atoms with Crippen LogP contribution in [0.1, 0.15) is 44.5 Å². The molecule has 1 aromatic heterocycles. The average Bonchev–Trinajstić information content (AvgIpc) is 3.27. The number of aryl methyl sites for hydroxylation is 1. The number of nitrogens with zero attached hydrogens (tertiary/aromatic N) is 2. The van der Waals surface area contributed by atoms with Crippen molar-refractivity contribution >= 4 is 0 Å². The van der Waals surface area contributed by atoms with Gasteiger partial charge >= 0.3 is 0 Å². The Bertz CT molecular complexity index is 673. The first-order chi connectivity index (χ1) is 12.6. The van der Waals surface area contributed by atoms with Crippen molar-refractivity contribution < 1.29 is 9.47 Å². The standard InChI is InChI=1S/C21H31N3O2/c1-16(2)26-15-20-13-17(3)23-24(20)19-6-8-21(9-7-19)25-12-4-5-18-10-11-22-14-18/h6-9,13,16,18,22H,4-5,10-12,14-15H2,1-3H3. The molecule has 1 atom stereocenters. The first-order valence-corrected chi connectivity index (χ1v) is 9.73. The molecule has 26 heavy (non-hydrogen) atoms. The summed E-state index contributed by atoms with van der Waals surface area (Å²) in [6, 6.07) is 10.2. The Kier molecular flexibility index (Phi) is 6.69. The smallest absolute Gasteiger partial charge is 0.119 e. The summed E-state index contributed by atoms with van der Waals surface area (Å²) in [5, 5.41) is 8.01. The zero-order valence-electron chi connectivity index (χ0n) is 16.2.